The summed E-state index contributed by atoms with van der Waals surface area (Å²) in [6, 6.07) is 9.49. The smallest absolute Gasteiger partial charge is 0.0361 e. The molecule has 1 fully saturated rings. The highest BCUT2D eigenvalue weighted by molar-refractivity contribution is 5.45. The summed E-state index contributed by atoms with van der Waals surface area (Å²) in [7, 11) is 4.16. The van der Waals surface area contributed by atoms with E-state index in [0.717, 1.165) is 12.5 Å². The molecule has 2 rings (SSSR count). The lowest BCUT2D eigenvalue weighted by molar-refractivity contribution is 0.380. The van der Waals surface area contributed by atoms with Crippen LogP contribution in [-0.4, -0.2) is 20.1 Å². The summed E-state index contributed by atoms with van der Waals surface area (Å²) in [5, 5.41) is 3.68. The highest BCUT2D eigenvalue weighted by Crippen LogP contribution is 2.27. The minimum Gasteiger partial charge on any atom is -0.378 e. The normalized spacial score (nSPS) is 17.9. The van der Waals surface area contributed by atoms with E-state index in [1.807, 2.05) is 0 Å². The molecule has 0 spiro atoms. The minimum absolute atomic E-state index is 0.654. The molecule has 1 N–H and O–H groups in total. The van der Waals surface area contributed by atoms with Crippen molar-refractivity contribution in [1.29, 1.82) is 0 Å². The van der Waals surface area contributed by atoms with E-state index < -0.39 is 0 Å². The Balaban J connectivity index is 1.82. The van der Waals surface area contributed by atoms with Crippen LogP contribution >= 0.6 is 0 Å². The van der Waals surface area contributed by atoms with Crippen LogP contribution in [0.2, 0.25) is 0 Å². The maximum absolute atomic E-state index is 3.68. The minimum atomic E-state index is 0.654. The third-order valence-electron chi connectivity index (χ3n) is 4.19. The van der Waals surface area contributed by atoms with Crippen LogP contribution in [0.5, 0.6) is 0 Å². The zero-order valence-corrected chi connectivity index (χ0v) is 11.9. The standard InChI is InChI=1S/C16H26N2/c1-13(15-6-4-5-7-15)17-12-14-8-10-16(11-9-14)18(2)3/h8-11,13,15,17H,4-7,12H2,1-3H3/t13-/m1/s1. The van der Waals surface area contributed by atoms with Crippen LogP contribution in [0.15, 0.2) is 24.3 Å². The highest BCUT2D eigenvalue weighted by atomic mass is 15.1. The first-order valence-corrected chi connectivity index (χ1v) is 7.16. The first-order chi connectivity index (χ1) is 8.66. The van der Waals surface area contributed by atoms with Gasteiger partial charge in [-0.15, -0.1) is 0 Å². The van der Waals surface area contributed by atoms with E-state index in [2.05, 4.69) is 55.5 Å². The lowest BCUT2D eigenvalue weighted by Crippen LogP contribution is -2.31. The second-order valence-corrected chi connectivity index (χ2v) is 5.77. The molecule has 1 aromatic rings. The van der Waals surface area contributed by atoms with Crippen LogP contribution in [0.3, 0.4) is 0 Å². The van der Waals surface area contributed by atoms with E-state index in [0.29, 0.717) is 6.04 Å². The SMILES string of the molecule is C[C@@H](NCc1ccc(N(C)C)cc1)C1CCCC1. The summed E-state index contributed by atoms with van der Waals surface area (Å²) in [4.78, 5) is 2.14. The Labute approximate surface area is 111 Å². The number of nitrogens with one attached hydrogen (secondary N) is 1. The fourth-order valence-corrected chi connectivity index (χ4v) is 2.81. The van der Waals surface area contributed by atoms with Gasteiger partial charge in [0.2, 0.25) is 0 Å². The predicted octanol–water partition coefficient (Wildman–Crippen LogP) is 3.42. The number of nitrogens with zero attached hydrogens (tertiary/aromatic N) is 1. The Morgan fingerprint density at radius 2 is 1.78 bits per heavy atom. The van der Waals surface area contributed by atoms with Crippen LogP contribution in [0.25, 0.3) is 0 Å². The predicted molar refractivity (Wildman–Crippen MR) is 79.0 cm³/mol. The largest absolute Gasteiger partial charge is 0.378 e. The van der Waals surface area contributed by atoms with Crippen LogP contribution in [0.1, 0.15) is 38.2 Å². The van der Waals surface area contributed by atoms with Gasteiger partial charge in [-0.1, -0.05) is 25.0 Å². The Morgan fingerprint density at radius 1 is 1.17 bits per heavy atom. The first-order valence-electron chi connectivity index (χ1n) is 7.16. The zero-order chi connectivity index (χ0) is 13.0. The fraction of sp³-hybridized carbons (Fsp3) is 0.625. The molecule has 2 heteroatoms. The molecule has 0 aromatic heterocycles. The summed E-state index contributed by atoms with van der Waals surface area (Å²) in [6.07, 6.45) is 5.67. The van der Waals surface area contributed by atoms with Gasteiger partial charge in [-0.25, -0.2) is 0 Å². The van der Waals surface area contributed by atoms with E-state index in [1.165, 1.54) is 36.9 Å². The van der Waals surface area contributed by atoms with Gasteiger partial charge in [-0.05, 0) is 43.4 Å². The summed E-state index contributed by atoms with van der Waals surface area (Å²) in [5.74, 6) is 0.894. The van der Waals surface area contributed by atoms with Gasteiger partial charge in [0, 0.05) is 32.4 Å². The van der Waals surface area contributed by atoms with Gasteiger partial charge in [-0.3, -0.25) is 0 Å². The van der Waals surface area contributed by atoms with E-state index in [4.69, 9.17) is 0 Å². The Morgan fingerprint density at radius 3 is 2.33 bits per heavy atom. The van der Waals surface area contributed by atoms with E-state index in [9.17, 15) is 0 Å². The molecule has 1 aliphatic rings. The molecule has 1 aliphatic carbocycles. The van der Waals surface area contributed by atoms with Gasteiger partial charge >= 0.3 is 0 Å². The second kappa shape index (κ2) is 6.24. The number of benzene rings is 1. The van der Waals surface area contributed by atoms with Gasteiger partial charge in [0.25, 0.3) is 0 Å². The van der Waals surface area contributed by atoms with Gasteiger partial charge in [0.15, 0.2) is 0 Å². The molecule has 0 saturated heterocycles. The van der Waals surface area contributed by atoms with Crippen LogP contribution in [0.4, 0.5) is 5.69 Å². The summed E-state index contributed by atoms with van der Waals surface area (Å²) < 4.78 is 0. The number of hydrogen-bond donors (Lipinski definition) is 1. The summed E-state index contributed by atoms with van der Waals surface area (Å²) >= 11 is 0. The number of rotatable bonds is 5. The van der Waals surface area contributed by atoms with Crippen molar-refractivity contribution in [3.8, 4) is 0 Å². The molecule has 0 unspecified atom stereocenters. The van der Waals surface area contributed by atoms with Gasteiger partial charge in [-0.2, -0.15) is 0 Å². The molecule has 0 bridgehead atoms. The topological polar surface area (TPSA) is 15.3 Å². The number of hydrogen-bond acceptors (Lipinski definition) is 2. The first kappa shape index (κ1) is 13.4. The molecule has 2 nitrogen and oxygen atoms in total. The van der Waals surface area contributed by atoms with E-state index >= 15 is 0 Å². The van der Waals surface area contributed by atoms with Crippen LogP contribution in [0, 0.1) is 5.92 Å². The Hall–Kier alpha value is -1.02. The molecule has 100 valence electrons. The molecule has 0 radical (unpaired) electrons. The maximum atomic E-state index is 3.68. The highest BCUT2D eigenvalue weighted by Gasteiger charge is 2.20. The average molecular weight is 246 g/mol. The summed E-state index contributed by atoms with van der Waals surface area (Å²) in [5.41, 5.74) is 2.65. The maximum Gasteiger partial charge on any atom is 0.0361 e. The van der Waals surface area contributed by atoms with Crippen molar-refractivity contribution in [2.75, 3.05) is 19.0 Å². The monoisotopic (exact) mass is 246 g/mol. The van der Waals surface area contributed by atoms with Gasteiger partial charge < -0.3 is 10.2 Å². The van der Waals surface area contributed by atoms with Crippen molar-refractivity contribution in [3.05, 3.63) is 29.8 Å². The lowest BCUT2D eigenvalue weighted by Gasteiger charge is -2.20. The second-order valence-electron chi connectivity index (χ2n) is 5.77. The van der Waals surface area contributed by atoms with Crippen molar-refractivity contribution < 1.29 is 0 Å². The van der Waals surface area contributed by atoms with Crippen LogP contribution in [-0.2, 0) is 6.54 Å². The van der Waals surface area contributed by atoms with Crippen molar-refractivity contribution >= 4 is 5.69 Å². The molecular weight excluding hydrogens is 220 g/mol. The van der Waals surface area contributed by atoms with E-state index in [-0.39, 0.29) is 0 Å². The van der Waals surface area contributed by atoms with Gasteiger partial charge in [0.05, 0.1) is 0 Å². The van der Waals surface area contributed by atoms with Crippen molar-refractivity contribution in [3.63, 3.8) is 0 Å². The quantitative estimate of drug-likeness (QED) is 0.856. The van der Waals surface area contributed by atoms with Crippen molar-refractivity contribution in [1.82, 2.24) is 5.32 Å². The Kier molecular flexibility index (Phi) is 4.65. The Bertz CT molecular complexity index is 350. The third-order valence-corrected chi connectivity index (χ3v) is 4.19. The summed E-state index contributed by atoms with van der Waals surface area (Å²) in [6.45, 7) is 3.33. The molecule has 1 aromatic carbocycles. The third kappa shape index (κ3) is 3.49. The van der Waals surface area contributed by atoms with Crippen LogP contribution < -0.4 is 10.2 Å². The molecule has 1 atom stereocenters. The molecule has 18 heavy (non-hydrogen) atoms. The molecule has 0 aliphatic heterocycles. The fourth-order valence-electron chi connectivity index (χ4n) is 2.81. The zero-order valence-electron chi connectivity index (χ0n) is 11.9. The van der Waals surface area contributed by atoms with E-state index in [1.54, 1.807) is 0 Å². The molecule has 0 heterocycles. The van der Waals surface area contributed by atoms with Crippen molar-refractivity contribution in [2.24, 2.45) is 5.92 Å². The molecule has 1 saturated carbocycles. The lowest BCUT2D eigenvalue weighted by atomic mass is 9.99. The van der Waals surface area contributed by atoms with Crippen molar-refractivity contribution in [2.45, 2.75) is 45.2 Å². The molecular formula is C16H26N2. The number of anilines is 1. The van der Waals surface area contributed by atoms with Gasteiger partial charge in [0.1, 0.15) is 0 Å². The molecule has 0 amide bonds. The average Bonchev–Trinajstić information content (AvgIpc) is 2.90.